The lowest BCUT2D eigenvalue weighted by atomic mass is 9.89. The molecule has 0 bridgehead atoms. The summed E-state index contributed by atoms with van der Waals surface area (Å²) in [6.07, 6.45) is -0.107. The number of rotatable bonds is 4. The highest BCUT2D eigenvalue weighted by molar-refractivity contribution is 7.13. The molecule has 0 aliphatic rings. The van der Waals surface area contributed by atoms with Crippen molar-refractivity contribution in [3.05, 3.63) is 15.6 Å². The van der Waals surface area contributed by atoms with E-state index >= 15 is 0 Å². The van der Waals surface area contributed by atoms with Gasteiger partial charge in [0.05, 0.1) is 12.8 Å². The van der Waals surface area contributed by atoms with Crippen LogP contribution < -0.4 is 0 Å². The maximum atomic E-state index is 11.6. The zero-order chi connectivity index (χ0) is 13.9. The predicted molar refractivity (Wildman–Crippen MR) is 72.0 cm³/mol. The molecule has 1 heterocycles. The third kappa shape index (κ3) is 3.29. The summed E-state index contributed by atoms with van der Waals surface area (Å²) in [4.78, 5) is 16.6. The molecular weight excluding hydrogens is 250 g/mol. The summed E-state index contributed by atoms with van der Waals surface area (Å²) in [6.45, 7) is 10.7. The summed E-state index contributed by atoms with van der Waals surface area (Å²) in [5.74, 6) is -0.333. The minimum Gasteiger partial charge on any atom is -0.465 e. The number of hydrogen-bond donors (Lipinski definition) is 0. The Hall–Kier alpha value is -0.940. The van der Waals surface area contributed by atoms with Crippen LogP contribution >= 0.6 is 11.3 Å². The molecule has 0 amide bonds. The van der Waals surface area contributed by atoms with Crippen molar-refractivity contribution in [3.63, 3.8) is 0 Å². The van der Waals surface area contributed by atoms with Crippen LogP contribution in [0.5, 0.6) is 0 Å². The number of carbonyl (C=O) groups excluding carboxylic acids is 1. The first-order valence-electron chi connectivity index (χ1n) is 5.98. The number of thiazole rings is 1. The fourth-order valence-electron chi connectivity index (χ4n) is 1.67. The smallest absolute Gasteiger partial charge is 0.349 e. The number of aryl methyl sites for hydroxylation is 1. The normalized spacial score (nSPS) is 13.4. The predicted octanol–water partition coefficient (Wildman–Crippen LogP) is 3.36. The Labute approximate surface area is 112 Å². The van der Waals surface area contributed by atoms with Crippen LogP contribution in [0.4, 0.5) is 0 Å². The maximum Gasteiger partial charge on any atom is 0.349 e. The van der Waals surface area contributed by atoms with Gasteiger partial charge in [0.1, 0.15) is 16.0 Å². The Balaban J connectivity index is 3.11. The summed E-state index contributed by atoms with van der Waals surface area (Å²) in [7, 11) is 1.38. The average Bonchev–Trinajstić information content (AvgIpc) is 2.65. The van der Waals surface area contributed by atoms with Crippen molar-refractivity contribution in [2.24, 2.45) is 5.41 Å². The van der Waals surface area contributed by atoms with E-state index in [0.29, 0.717) is 17.2 Å². The minimum absolute atomic E-state index is 0.0618. The van der Waals surface area contributed by atoms with Crippen LogP contribution in [0.1, 0.15) is 54.2 Å². The lowest BCUT2D eigenvalue weighted by molar-refractivity contribution is -0.0134. The molecule has 1 rings (SSSR count). The quantitative estimate of drug-likeness (QED) is 0.788. The van der Waals surface area contributed by atoms with Crippen molar-refractivity contribution >= 4 is 17.3 Å². The van der Waals surface area contributed by atoms with Crippen molar-refractivity contribution < 1.29 is 14.3 Å². The summed E-state index contributed by atoms with van der Waals surface area (Å²) in [5, 5.41) is 0.835. The maximum absolute atomic E-state index is 11.6. The lowest BCUT2D eigenvalue weighted by Gasteiger charge is -2.28. The SMILES string of the molecule is CCOC(c1nc(C)c(C(=O)OC)s1)C(C)(C)C. The molecule has 0 saturated heterocycles. The number of carbonyl (C=O) groups is 1. The Morgan fingerprint density at radius 3 is 2.50 bits per heavy atom. The van der Waals surface area contributed by atoms with E-state index < -0.39 is 0 Å². The fourth-order valence-corrected chi connectivity index (χ4v) is 2.95. The first kappa shape index (κ1) is 15.1. The number of ether oxygens (including phenoxy) is 2. The van der Waals surface area contributed by atoms with Crippen molar-refractivity contribution in [1.29, 1.82) is 0 Å². The van der Waals surface area contributed by atoms with Gasteiger partial charge >= 0.3 is 5.97 Å². The van der Waals surface area contributed by atoms with Crippen LogP contribution in [-0.4, -0.2) is 24.7 Å². The van der Waals surface area contributed by atoms with Crippen LogP contribution in [0.2, 0.25) is 0 Å². The molecule has 4 nitrogen and oxygen atoms in total. The van der Waals surface area contributed by atoms with Crippen molar-refractivity contribution in [2.75, 3.05) is 13.7 Å². The molecule has 0 spiro atoms. The molecule has 1 aromatic heterocycles. The van der Waals surface area contributed by atoms with Gasteiger partial charge in [-0.05, 0) is 19.3 Å². The van der Waals surface area contributed by atoms with Gasteiger partial charge in [-0.3, -0.25) is 0 Å². The molecule has 0 saturated carbocycles. The van der Waals surface area contributed by atoms with Crippen LogP contribution in [-0.2, 0) is 9.47 Å². The first-order chi connectivity index (χ1) is 8.31. The second kappa shape index (κ2) is 5.80. The van der Waals surface area contributed by atoms with Crippen molar-refractivity contribution in [2.45, 2.75) is 40.7 Å². The molecule has 0 aromatic carbocycles. The first-order valence-corrected chi connectivity index (χ1v) is 6.80. The second-order valence-corrected chi connectivity index (χ2v) is 6.19. The molecule has 102 valence electrons. The highest BCUT2D eigenvalue weighted by atomic mass is 32.1. The van der Waals surface area contributed by atoms with Crippen molar-refractivity contribution in [1.82, 2.24) is 4.98 Å². The van der Waals surface area contributed by atoms with Crippen LogP contribution in [0, 0.1) is 12.3 Å². The molecule has 1 unspecified atom stereocenters. The highest BCUT2D eigenvalue weighted by Gasteiger charge is 2.31. The van der Waals surface area contributed by atoms with Gasteiger partial charge in [-0.25, -0.2) is 9.78 Å². The highest BCUT2D eigenvalue weighted by Crippen LogP contribution is 2.38. The molecule has 0 radical (unpaired) electrons. The average molecular weight is 271 g/mol. The van der Waals surface area contributed by atoms with E-state index in [0.717, 1.165) is 5.01 Å². The Kier molecular flexibility index (Phi) is 4.87. The molecule has 18 heavy (non-hydrogen) atoms. The molecule has 0 aliphatic carbocycles. The Morgan fingerprint density at radius 2 is 2.06 bits per heavy atom. The van der Waals surface area contributed by atoms with Gasteiger partial charge in [-0.1, -0.05) is 20.8 Å². The van der Waals surface area contributed by atoms with E-state index in [-0.39, 0.29) is 17.5 Å². The Bertz CT molecular complexity index is 420. The van der Waals surface area contributed by atoms with E-state index in [4.69, 9.17) is 9.47 Å². The molecule has 0 N–H and O–H groups in total. The lowest BCUT2D eigenvalue weighted by Crippen LogP contribution is -2.21. The second-order valence-electron chi connectivity index (χ2n) is 5.16. The number of hydrogen-bond acceptors (Lipinski definition) is 5. The third-order valence-electron chi connectivity index (χ3n) is 2.53. The van der Waals surface area contributed by atoms with Gasteiger partial charge in [0.2, 0.25) is 0 Å². The van der Waals surface area contributed by atoms with Crippen LogP contribution in [0.3, 0.4) is 0 Å². The van der Waals surface area contributed by atoms with E-state index in [1.54, 1.807) is 0 Å². The Morgan fingerprint density at radius 1 is 1.44 bits per heavy atom. The van der Waals surface area contributed by atoms with Gasteiger partial charge in [-0.15, -0.1) is 11.3 Å². The zero-order valence-electron chi connectivity index (χ0n) is 11.9. The molecule has 1 aromatic rings. The molecule has 0 aliphatic heterocycles. The van der Waals surface area contributed by atoms with E-state index in [2.05, 4.69) is 25.8 Å². The fraction of sp³-hybridized carbons (Fsp3) is 0.692. The standard InChI is InChI=1S/C13H21NO3S/c1-7-17-10(13(3,4)5)11-14-8(2)9(18-11)12(15)16-6/h10H,7H2,1-6H3. The summed E-state index contributed by atoms with van der Waals surface area (Å²) >= 11 is 1.36. The zero-order valence-corrected chi connectivity index (χ0v) is 12.7. The summed E-state index contributed by atoms with van der Waals surface area (Å²) in [6, 6.07) is 0. The monoisotopic (exact) mass is 271 g/mol. The molecule has 1 atom stereocenters. The van der Waals surface area contributed by atoms with Crippen molar-refractivity contribution in [3.8, 4) is 0 Å². The number of methoxy groups -OCH3 is 1. The topological polar surface area (TPSA) is 48.4 Å². The third-order valence-corrected chi connectivity index (χ3v) is 3.71. The van der Waals surface area contributed by atoms with Gasteiger partial charge in [0.15, 0.2) is 0 Å². The van der Waals surface area contributed by atoms with E-state index in [1.165, 1.54) is 18.4 Å². The molecule has 5 heteroatoms. The van der Waals surface area contributed by atoms with E-state index in [9.17, 15) is 4.79 Å². The minimum atomic E-state index is -0.333. The van der Waals surface area contributed by atoms with E-state index in [1.807, 2.05) is 13.8 Å². The van der Waals surface area contributed by atoms with Crippen LogP contribution in [0.15, 0.2) is 0 Å². The number of aromatic nitrogens is 1. The van der Waals surface area contributed by atoms with Gasteiger partial charge in [-0.2, -0.15) is 0 Å². The van der Waals surface area contributed by atoms with Gasteiger partial charge in [0.25, 0.3) is 0 Å². The largest absolute Gasteiger partial charge is 0.465 e. The van der Waals surface area contributed by atoms with Gasteiger partial charge in [0, 0.05) is 6.61 Å². The summed E-state index contributed by atoms with van der Waals surface area (Å²) in [5.41, 5.74) is 0.643. The molecular formula is C13H21NO3S. The molecule has 0 fully saturated rings. The van der Waals surface area contributed by atoms with Crippen LogP contribution in [0.25, 0.3) is 0 Å². The van der Waals surface area contributed by atoms with Gasteiger partial charge < -0.3 is 9.47 Å². The number of nitrogens with zero attached hydrogens (tertiary/aromatic N) is 1. The number of esters is 1. The summed E-state index contributed by atoms with van der Waals surface area (Å²) < 4.78 is 10.5.